The van der Waals surface area contributed by atoms with E-state index >= 15 is 0 Å². The van der Waals surface area contributed by atoms with Gasteiger partial charge in [0.25, 0.3) is 0 Å². The van der Waals surface area contributed by atoms with Gasteiger partial charge in [-0.2, -0.15) is 0 Å². The number of fused-ring (bicyclic) bond motifs is 1. The third-order valence-electron chi connectivity index (χ3n) is 2.54. The fraction of sp³-hybridized carbons (Fsp3) is 0.250. The Balaban J connectivity index is 2.65. The molecule has 0 radical (unpaired) electrons. The van der Waals surface area contributed by atoms with Crippen LogP contribution in [0.25, 0.3) is 10.9 Å². The minimum atomic E-state index is 0.529. The molecule has 0 bridgehead atoms. The molecule has 0 saturated heterocycles. The smallest absolute Gasteiger partial charge is 0.121 e. The van der Waals surface area contributed by atoms with E-state index in [1.165, 1.54) is 0 Å². The standard InChI is InChI=1S/C12H14N2O/c1-8-10(7-13)5-9-3-4-11(15-2)6-12(9)14-8/h3-6H,7,13H2,1-2H3. The number of aromatic nitrogens is 1. The second-order valence-electron chi connectivity index (χ2n) is 3.50. The van der Waals surface area contributed by atoms with Gasteiger partial charge in [0.2, 0.25) is 0 Å². The molecule has 15 heavy (non-hydrogen) atoms. The van der Waals surface area contributed by atoms with E-state index in [1.807, 2.05) is 25.1 Å². The van der Waals surface area contributed by atoms with Gasteiger partial charge in [0.1, 0.15) is 5.75 Å². The lowest BCUT2D eigenvalue weighted by atomic mass is 10.1. The zero-order valence-corrected chi connectivity index (χ0v) is 8.95. The summed E-state index contributed by atoms with van der Waals surface area (Å²) in [5.74, 6) is 0.829. The molecule has 78 valence electrons. The van der Waals surface area contributed by atoms with Gasteiger partial charge in [-0.15, -0.1) is 0 Å². The van der Waals surface area contributed by atoms with Crippen molar-refractivity contribution in [2.45, 2.75) is 13.5 Å². The average molecular weight is 202 g/mol. The number of methoxy groups -OCH3 is 1. The molecule has 1 aromatic carbocycles. The molecule has 0 unspecified atom stereocenters. The molecule has 1 aromatic heterocycles. The molecule has 2 N–H and O–H groups in total. The third kappa shape index (κ3) is 1.78. The highest BCUT2D eigenvalue weighted by Crippen LogP contribution is 2.21. The predicted octanol–water partition coefficient (Wildman–Crippen LogP) is 2.01. The number of hydrogen-bond donors (Lipinski definition) is 1. The van der Waals surface area contributed by atoms with Gasteiger partial charge < -0.3 is 10.5 Å². The van der Waals surface area contributed by atoms with Crippen LogP contribution < -0.4 is 10.5 Å². The van der Waals surface area contributed by atoms with Crippen molar-refractivity contribution in [1.82, 2.24) is 4.98 Å². The minimum absolute atomic E-state index is 0.529. The maximum absolute atomic E-state index is 5.63. The Morgan fingerprint density at radius 2 is 2.13 bits per heavy atom. The normalized spacial score (nSPS) is 10.6. The zero-order valence-electron chi connectivity index (χ0n) is 8.95. The Morgan fingerprint density at radius 1 is 1.33 bits per heavy atom. The van der Waals surface area contributed by atoms with Crippen molar-refractivity contribution in [1.29, 1.82) is 0 Å². The maximum atomic E-state index is 5.63. The van der Waals surface area contributed by atoms with Crippen LogP contribution in [-0.4, -0.2) is 12.1 Å². The van der Waals surface area contributed by atoms with Gasteiger partial charge in [0.15, 0.2) is 0 Å². The lowest BCUT2D eigenvalue weighted by molar-refractivity contribution is 0.415. The van der Waals surface area contributed by atoms with Gasteiger partial charge in [-0.05, 0) is 30.7 Å². The molecule has 3 nitrogen and oxygen atoms in total. The molecule has 0 aliphatic rings. The van der Waals surface area contributed by atoms with Crippen molar-refractivity contribution in [2.24, 2.45) is 5.73 Å². The lowest BCUT2D eigenvalue weighted by Gasteiger charge is -2.06. The SMILES string of the molecule is COc1ccc2cc(CN)c(C)nc2c1. The first-order valence-electron chi connectivity index (χ1n) is 4.89. The Bertz CT molecular complexity index is 494. The van der Waals surface area contributed by atoms with Crippen LogP contribution in [0.5, 0.6) is 5.75 Å². The summed E-state index contributed by atoms with van der Waals surface area (Å²) in [5.41, 5.74) is 8.66. The first kappa shape index (κ1) is 9.93. The molecule has 3 heteroatoms. The monoisotopic (exact) mass is 202 g/mol. The van der Waals surface area contributed by atoms with Crippen molar-refractivity contribution in [3.8, 4) is 5.75 Å². The zero-order chi connectivity index (χ0) is 10.8. The van der Waals surface area contributed by atoms with Crippen molar-refractivity contribution in [3.63, 3.8) is 0 Å². The summed E-state index contributed by atoms with van der Waals surface area (Å²) in [6.07, 6.45) is 0. The molecule has 0 saturated carbocycles. The Hall–Kier alpha value is -1.61. The summed E-state index contributed by atoms with van der Waals surface area (Å²) in [6, 6.07) is 7.94. The number of rotatable bonds is 2. The summed E-state index contributed by atoms with van der Waals surface area (Å²) >= 11 is 0. The van der Waals surface area contributed by atoms with Crippen molar-refractivity contribution in [3.05, 3.63) is 35.5 Å². The minimum Gasteiger partial charge on any atom is -0.497 e. The van der Waals surface area contributed by atoms with E-state index in [2.05, 4.69) is 11.1 Å². The second-order valence-corrected chi connectivity index (χ2v) is 3.50. The van der Waals surface area contributed by atoms with E-state index in [0.29, 0.717) is 6.54 Å². The van der Waals surface area contributed by atoms with Gasteiger partial charge >= 0.3 is 0 Å². The molecule has 0 spiro atoms. The van der Waals surface area contributed by atoms with Crippen LogP contribution in [0.2, 0.25) is 0 Å². The quantitative estimate of drug-likeness (QED) is 0.810. The summed E-state index contributed by atoms with van der Waals surface area (Å²) in [7, 11) is 1.66. The first-order chi connectivity index (χ1) is 7.24. The van der Waals surface area contributed by atoms with Crippen LogP contribution in [0.1, 0.15) is 11.3 Å². The largest absolute Gasteiger partial charge is 0.497 e. The number of pyridine rings is 1. The number of nitrogens with two attached hydrogens (primary N) is 1. The fourth-order valence-electron chi connectivity index (χ4n) is 1.62. The summed E-state index contributed by atoms with van der Waals surface area (Å²) in [4.78, 5) is 4.50. The van der Waals surface area contributed by atoms with Gasteiger partial charge in [0, 0.05) is 23.7 Å². The maximum Gasteiger partial charge on any atom is 0.121 e. The van der Waals surface area contributed by atoms with Crippen LogP contribution in [0.4, 0.5) is 0 Å². The van der Waals surface area contributed by atoms with Crippen molar-refractivity contribution in [2.75, 3.05) is 7.11 Å². The summed E-state index contributed by atoms with van der Waals surface area (Å²) in [5, 5.41) is 1.10. The van der Waals surface area contributed by atoms with Crippen LogP contribution in [0.3, 0.4) is 0 Å². The molecular weight excluding hydrogens is 188 g/mol. The molecule has 0 aliphatic carbocycles. The van der Waals surface area contributed by atoms with Crippen LogP contribution in [-0.2, 0) is 6.54 Å². The third-order valence-corrected chi connectivity index (χ3v) is 2.54. The Kier molecular flexibility index (Phi) is 2.56. The molecule has 2 rings (SSSR count). The van der Waals surface area contributed by atoms with E-state index in [0.717, 1.165) is 27.9 Å². The van der Waals surface area contributed by atoms with E-state index in [9.17, 15) is 0 Å². The molecule has 1 heterocycles. The molecule has 0 fully saturated rings. The Morgan fingerprint density at radius 3 is 2.80 bits per heavy atom. The molecule has 0 amide bonds. The lowest BCUT2D eigenvalue weighted by Crippen LogP contribution is -2.01. The number of hydrogen-bond acceptors (Lipinski definition) is 3. The van der Waals surface area contributed by atoms with E-state index in [-0.39, 0.29) is 0 Å². The van der Waals surface area contributed by atoms with Crippen molar-refractivity contribution >= 4 is 10.9 Å². The van der Waals surface area contributed by atoms with Gasteiger partial charge in [0.05, 0.1) is 12.6 Å². The van der Waals surface area contributed by atoms with Crippen molar-refractivity contribution < 1.29 is 4.74 Å². The summed E-state index contributed by atoms with van der Waals surface area (Å²) < 4.78 is 5.15. The van der Waals surface area contributed by atoms with E-state index in [1.54, 1.807) is 7.11 Å². The fourth-order valence-corrected chi connectivity index (χ4v) is 1.62. The molecular formula is C12H14N2O. The molecule has 0 aliphatic heterocycles. The number of ether oxygens (including phenoxy) is 1. The highest BCUT2D eigenvalue weighted by Gasteiger charge is 2.02. The Labute approximate surface area is 88.9 Å². The van der Waals surface area contributed by atoms with Crippen LogP contribution in [0.15, 0.2) is 24.3 Å². The van der Waals surface area contributed by atoms with Crippen LogP contribution >= 0.6 is 0 Å². The van der Waals surface area contributed by atoms with Crippen LogP contribution in [0, 0.1) is 6.92 Å². The van der Waals surface area contributed by atoms with E-state index in [4.69, 9.17) is 10.5 Å². The number of benzene rings is 1. The van der Waals surface area contributed by atoms with Gasteiger partial charge in [-0.3, -0.25) is 4.98 Å². The number of aryl methyl sites for hydroxylation is 1. The van der Waals surface area contributed by atoms with Gasteiger partial charge in [-0.1, -0.05) is 0 Å². The molecule has 2 aromatic rings. The predicted molar refractivity (Wildman–Crippen MR) is 60.9 cm³/mol. The van der Waals surface area contributed by atoms with Gasteiger partial charge in [-0.25, -0.2) is 0 Å². The number of nitrogens with zero attached hydrogens (tertiary/aromatic N) is 1. The van der Waals surface area contributed by atoms with E-state index < -0.39 is 0 Å². The highest BCUT2D eigenvalue weighted by atomic mass is 16.5. The second kappa shape index (κ2) is 3.87. The topological polar surface area (TPSA) is 48.1 Å². The molecule has 0 atom stereocenters. The average Bonchev–Trinajstić information content (AvgIpc) is 2.27. The highest BCUT2D eigenvalue weighted by molar-refractivity contribution is 5.81. The summed E-state index contributed by atoms with van der Waals surface area (Å²) in [6.45, 7) is 2.50. The first-order valence-corrected chi connectivity index (χ1v) is 4.89.